The van der Waals surface area contributed by atoms with Gasteiger partial charge in [0.15, 0.2) is 0 Å². The second kappa shape index (κ2) is 9.36. The van der Waals surface area contributed by atoms with Gasteiger partial charge in [-0.2, -0.15) is 8.78 Å². The van der Waals surface area contributed by atoms with Gasteiger partial charge in [0.05, 0.1) is 5.69 Å². The summed E-state index contributed by atoms with van der Waals surface area (Å²) in [5, 5.41) is 11.5. The lowest BCUT2D eigenvalue weighted by molar-refractivity contribution is -0.0498. The number of rotatable bonds is 8. The molecule has 0 unspecified atom stereocenters. The second-order valence-corrected chi connectivity index (χ2v) is 8.04. The summed E-state index contributed by atoms with van der Waals surface area (Å²) in [6.45, 7) is -0.725. The summed E-state index contributed by atoms with van der Waals surface area (Å²) < 4.78 is 34.5. The summed E-state index contributed by atoms with van der Waals surface area (Å²) in [7, 11) is 0. The zero-order valence-corrected chi connectivity index (χ0v) is 17.6. The van der Waals surface area contributed by atoms with Crippen LogP contribution < -0.4 is 4.74 Å². The van der Waals surface area contributed by atoms with Crippen LogP contribution in [0.15, 0.2) is 63.6 Å². The van der Waals surface area contributed by atoms with Gasteiger partial charge in [-0.15, -0.1) is 21.5 Å². The molecule has 30 heavy (non-hydrogen) atoms. The van der Waals surface area contributed by atoms with Gasteiger partial charge in [-0.3, -0.25) is 0 Å². The molecule has 0 fully saturated rings. The Labute approximate surface area is 180 Å². The summed E-state index contributed by atoms with van der Waals surface area (Å²) in [5.74, 6) is 0.995. The smallest absolute Gasteiger partial charge is 0.387 e. The number of ether oxygens (including phenoxy) is 1. The van der Waals surface area contributed by atoms with E-state index in [1.807, 2.05) is 5.38 Å². The number of hydrogen-bond acceptors (Lipinski definition) is 7. The van der Waals surface area contributed by atoms with E-state index >= 15 is 0 Å². The van der Waals surface area contributed by atoms with Gasteiger partial charge in [-0.05, 0) is 36.2 Å². The standard InChI is InChI=1S/C21H17F2N3O2S2/c1-2-13-3-5-15(6-4-13)19-24-16(11-29-19)12-30-21-26-25-18(28-21)14-7-9-17(10-8-14)27-20(22)23/h3-11,20H,2,12H2,1H3. The van der Waals surface area contributed by atoms with Gasteiger partial charge >= 0.3 is 6.61 Å². The van der Waals surface area contributed by atoms with Crippen molar-refractivity contribution in [3.63, 3.8) is 0 Å². The topological polar surface area (TPSA) is 61.0 Å². The molecule has 0 N–H and O–H groups in total. The van der Waals surface area contributed by atoms with E-state index in [1.54, 1.807) is 23.5 Å². The third-order valence-electron chi connectivity index (χ3n) is 4.24. The van der Waals surface area contributed by atoms with Crippen LogP contribution in [0.3, 0.4) is 0 Å². The van der Waals surface area contributed by atoms with E-state index in [2.05, 4.69) is 51.1 Å². The highest BCUT2D eigenvalue weighted by Crippen LogP contribution is 2.29. The molecule has 4 aromatic rings. The van der Waals surface area contributed by atoms with Crippen molar-refractivity contribution in [2.45, 2.75) is 30.9 Å². The third-order valence-corrected chi connectivity index (χ3v) is 6.03. The van der Waals surface area contributed by atoms with Gasteiger partial charge in [-0.1, -0.05) is 43.0 Å². The Morgan fingerprint density at radius 2 is 1.77 bits per heavy atom. The average Bonchev–Trinajstić information content (AvgIpc) is 3.42. The maximum absolute atomic E-state index is 12.2. The Balaban J connectivity index is 1.37. The molecule has 0 aliphatic heterocycles. The maximum atomic E-state index is 12.2. The number of hydrogen-bond donors (Lipinski definition) is 0. The minimum Gasteiger partial charge on any atom is -0.435 e. The first-order valence-electron chi connectivity index (χ1n) is 9.16. The molecule has 9 heteroatoms. The summed E-state index contributed by atoms with van der Waals surface area (Å²) in [5.41, 5.74) is 3.97. The number of aryl methyl sites for hydroxylation is 1. The van der Waals surface area contributed by atoms with Crippen LogP contribution in [0, 0.1) is 0 Å². The van der Waals surface area contributed by atoms with Crippen molar-refractivity contribution in [2.75, 3.05) is 0 Å². The van der Waals surface area contributed by atoms with E-state index in [0.717, 1.165) is 22.7 Å². The molecule has 4 rings (SSSR count). The van der Waals surface area contributed by atoms with Crippen LogP contribution in [0.4, 0.5) is 8.78 Å². The lowest BCUT2D eigenvalue weighted by atomic mass is 10.1. The van der Waals surface area contributed by atoms with Crippen LogP contribution in [0.25, 0.3) is 22.0 Å². The maximum Gasteiger partial charge on any atom is 0.387 e. The SMILES string of the molecule is CCc1ccc(-c2nc(CSc3nnc(-c4ccc(OC(F)F)cc4)o3)cs2)cc1. The van der Waals surface area contributed by atoms with Crippen LogP contribution in [-0.2, 0) is 12.2 Å². The zero-order valence-electron chi connectivity index (χ0n) is 15.9. The van der Waals surface area contributed by atoms with E-state index in [-0.39, 0.29) is 5.75 Å². The molecule has 2 aromatic heterocycles. The largest absolute Gasteiger partial charge is 0.435 e. The number of benzene rings is 2. The van der Waals surface area contributed by atoms with Crippen LogP contribution >= 0.6 is 23.1 Å². The Hall–Kier alpha value is -2.78. The van der Waals surface area contributed by atoms with Crippen molar-refractivity contribution in [3.8, 4) is 27.8 Å². The predicted octanol–water partition coefficient (Wildman–Crippen LogP) is 6.32. The molecule has 2 heterocycles. The monoisotopic (exact) mass is 445 g/mol. The second-order valence-electron chi connectivity index (χ2n) is 6.26. The fraction of sp³-hybridized carbons (Fsp3) is 0.190. The number of aromatic nitrogens is 3. The van der Waals surface area contributed by atoms with E-state index in [1.165, 1.54) is 29.5 Å². The zero-order chi connectivity index (χ0) is 20.9. The van der Waals surface area contributed by atoms with Gasteiger partial charge < -0.3 is 9.15 Å². The van der Waals surface area contributed by atoms with Crippen molar-refractivity contribution < 1.29 is 17.9 Å². The number of thiazole rings is 1. The molecule has 0 aliphatic carbocycles. The highest BCUT2D eigenvalue weighted by Gasteiger charge is 2.12. The van der Waals surface area contributed by atoms with E-state index in [9.17, 15) is 8.78 Å². The molecule has 2 aromatic carbocycles. The molecule has 0 bridgehead atoms. The highest BCUT2D eigenvalue weighted by molar-refractivity contribution is 7.98. The van der Waals surface area contributed by atoms with Gasteiger partial charge in [0.25, 0.3) is 5.22 Å². The molecule has 0 aliphatic rings. The van der Waals surface area contributed by atoms with Crippen LogP contribution in [0.1, 0.15) is 18.2 Å². The fourth-order valence-electron chi connectivity index (χ4n) is 2.69. The normalized spacial score (nSPS) is 11.2. The molecular formula is C21H17F2N3O2S2. The first-order chi connectivity index (χ1) is 14.6. The number of halogens is 2. The number of thioether (sulfide) groups is 1. The molecule has 0 spiro atoms. The molecule has 0 atom stereocenters. The van der Waals surface area contributed by atoms with Gasteiger partial charge in [0.2, 0.25) is 5.89 Å². The number of alkyl halides is 2. The predicted molar refractivity (Wildman–Crippen MR) is 113 cm³/mol. The first-order valence-corrected chi connectivity index (χ1v) is 11.0. The van der Waals surface area contributed by atoms with Gasteiger partial charge in [-0.25, -0.2) is 4.98 Å². The fourth-order valence-corrected chi connectivity index (χ4v) is 4.28. The quantitative estimate of drug-likeness (QED) is 0.296. The van der Waals surface area contributed by atoms with Crippen molar-refractivity contribution in [3.05, 3.63) is 65.2 Å². The number of nitrogens with zero attached hydrogens (tertiary/aromatic N) is 3. The Morgan fingerprint density at radius 1 is 1.03 bits per heavy atom. The van der Waals surface area contributed by atoms with E-state index in [4.69, 9.17) is 4.42 Å². The van der Waals surface area contributed by atoms with E-state index in [0.29, 0.717) is 22.4 Å². The van der Waals surface area contributed by atoms with Crippen molar-refractivity contribution in [1.29, 1.82) is 0 Å². The summed E-state index contributed by atoms with van der Waals surface area (Å²) in [6.07, 6.45) is 1.01. The lowest BCUT2D eigenvalue weighted by Crippen LogP contribution is -2.01. The first kappa shape index (κ1) is 20.5. The van der Waals surface area contributed by atoms with Crippen LogP contribution in [0.5, 0.6) is 5.75 Å². The third kappa shape index (κ3) is 5.03. The van der Waals surface area contributed by atoms with E-state index < -0.39 is 6.61 Å². The Bertz CT molecular complexity index is 1100. The Morgan fingerprint density at radius 3 is 2.47 bits per heavy atom. The Kier molecular flexibility index (Phi) is 6.39. The molecule has 154 valence electrons. The molecule has 0 saturated heterocycles. The molecular weight excluding hydrogens is 428 g/mol. The lowest BCUT2D eigenvalue weighted by Gasteiger charge is -2.03. The molecule has 0 radical (unpaired) electrons. The van der Waals surface area contributed by atoms with Crippen molar-refractivity contribution in [1.82, 2.24) is 15.2 Å². The molecule has 0 saturated carbocycles. The summed E-state index contributed by atoms with van der Waals surface area (Å²) >= 11 is 3.00. The highest BCUT2D eigenvalue weighted by atomic mass is 32.2. The van der Waals surface area contributed by atoms with Crippen LogP contribution in [0.2, 0.25) is 0 Å². The minimum atomic E-state index is -2.86. The van der Waals surface area contributed by atoms with Gasteiger partial charge in [0, 0.05) is 22.3 Å². The average molecular weight is 446 g/mol. The minimum absolute atomic E-state index is 0.0755. The summed E-state index contributed by atoms with van der Waals surface area (Å²) in [4.78, 5) is 4.68. The van der Waals surface area contributed by atoms with Gasteiger partial charge in [0.1, 0.15) is 10.8 Å². The molecule has 5 nitrogen and oxygen atoms in total. The van der Waals surface area contributed by atoms with Crippen LogP contribution in [-0.4, -0.2) is 21.8 Å². The van der Waals surface area contributed by atoms with Crippen molar-refractivity contribution in [2.24, 2.45) is 0 Å². The summed E-state index contributed by atoms with van der Waals surface area (Å²) in [6, 6.07) is 14.5. The van der Waals surface area contributed by atoms with Crippen molar-refractivity contribution >= 4 is 23.1 Å². The molecule has 0 amide bonds.